The van der Waals surface area contributed by atoms with Crippen LogP contribution in [-0.4, -0.2) is 9.36 Å². The van der Waals surface area contributed by atoms with Crippen molar-refractivity contribution in [2.24, 2.45) is 0 Å². The first-order chi connectivity index (χ1) is 8.36. The molecule has 4 heteroatoms. The van der Waals surface area contributed by atoms with Crippen molar-refractivity contribution in [1.29, 1.82) is 0 Å². The van der Waals surface area contributed by atoms with Crippen molar-refractivity contribution in [3.05, 3.63) is 65.0 Å². The van der Waals surface area contributed by atoms with Crippen LogP contribution in [0, 0.1) is 0 Å². The predicted molar refractivity (Wildman–Crippen MR) is 74.1 cm³/mol. The molecule has 1 heterocycles. The number of aromatic nitrogens is 2. The molecule has 0 aromatic carbocycles. The van der Waals surface area contributed by atoms with Gasteiger partial charge in [-0.2, -0.15) is 4.37 Å². The molecule has 0 amide bonds. The number of hydrogen-bond acceptors (Lipinski definition) is 3. The lowest BCUT2D eigenvalue weighted by molar-refractivity contribution is 1.21. The van der Waals surface area contributed by atoms with Gasteiger partial charge in [-0.1, -0.05) is 54.7 Å². The zero-order valence-electron chi connectivity index (χ0n) is 9.08. The lowest BCUT2D eigenvalue weighted by Gasteiger charge is -1.96. The number of rotatable bonds is 1. The lowest BCUT2D eigenvalue weighted by Crippen LogP contribution is -1.85. The highest BCUT2D eigenvalue weighted by atomic mass is 35.5. The molecule has 1 aromatic rings. The SMILES string of the molecule is Clc1nc(/C2=C/C=C\C=C/C=C\C=C/C2)ns1. The van der Waals surface area contributed by atoms with E-state index in [0.717, 1.165) is 12.0 Å². The van der Waals surface area contributed by atoms with Gasteiger partial charge in [0.1, 0.15) is 0 Å². The number of allylic oxidation sites excluding steroid dienone is 10. The average molecular weight is 263 g/mol. The Balaban J connectivity index is 2.27. The molecule has 2 rings (SSSR count). The van der Waals surface area contributed by atoms with E-state index in [1.54, 1.807) is 0 Å². The first-order valence-corrected chi connectivity index (χ1v) is 6.37. The van der Waals surface area contributed by atoms with Crippen LogP contribution in [0.15, 0.2) is 54.7 Å². The Morgan fingerprint density at radius 2 is 1.71 bits per heavy atom. The third kappa shape index (κ3) is 3.80. The Kier molecular flexibility index (Phi) is 4.47. The molecule has 1 aliphatic carbocycles. The molecule has 1 aliphatic rings. The van der Waals surface area contributed by atoms with E-state index >= 15 is 0 Å². The molecule has 0 saturated carbocycles. The smallest absolute Gasteiger partial charge is 0.203 e. The summed E-state index contributed by atoms with van der Waals surface area (Å²) in [6.07, 6.45) is 18.8. The Morgan fingerprint density at radius 3 is 2.41 bits per heavy atom. The van der Waals surface area contributed by atoms with Crippen LogP contribution >= 0.6 is 23.1 Å². The van der Waals surface area contributed by atoms with Crippen molar-refractivity contribution in [2.75, 3.05) is 0 Å². The number of halogens is 1. The molecule has 0 spiro atoms. The summed E-state index contributed by atoms with van der Waals surface area (Å²) in [4.78, 5) is 4.18. The van der Waals surface area contributed by atoms with Crippen LogP contribution in [0.5, 0.6) is 0 Å². The van der Waals surface area contributed by atoms with Crippen LogP contribution in [0.1, 0.15) is 12.2 Å². The van der Waals surface area contributed by atoms with Gasteiger partial charge in [0.2, 0.25) is 4.47 Å². The van der Waals surface area contributed by atoms with Crippen molar-refractivity contribution < 1.29 is 0 Å². The van der Waals surface area contributed by atoms with Crippen LogP contribution in [0.4, 0.5) is 0 Å². The van der Waals surface area contributed by atoms with Gasteiger partial charge in [0, 0.05) is 5.57 Å². The molecule has 0 saturated heterocycles. The molecular weight excluding hydrogens is 252 g/mol. The minimum absolute atomic E-state index is 0.475. The number of nitrogens with zero attached hydrogens (tertiary/aromatic N) is 2. The molecule has 86 valence electrons. The Hall–Kier alpha value is -1.45. The molecule has 0 atom stereocenters. The minimum atomic E-state index is 0.475. The van der Waals surface area contributed by atoms with E-state index in [1.807, 2.05) is 48.6 Å². The van der Waals surface area contributed by atoms with Gasteiger partial charge in [-0.15, -0.1) is 0 Å². The Morgan fingerprint density at radius 1 is 1.00 bits per heavy atom. The summed E-state index contributed by atoms with van der Waals surface area (Å²) in [5.41, 5.74) is 1.06. The third-order valence-corrected chi connectivity index (χ3v) is 2.92. The number of hydrogen-bond donors (Lipinski definition) is 0. The van der Waals surface area contributed by atoms with Crippen LogP contribution in [0.3, 0.4) is 0 Å². The van der Waals surface area contributed by atoms with Gasteiger partial charge in [-0.25, -0.2) is 4.98 Å². The van der Waals surface area contributed by atoms with Gasteiger partial charge < -0.3 is 0 Å². The molecule has 0 unspecified atom stereocenters. The van der Waals surface area contributed by atoms with E-state index < -0.39 is 0 Å². The van der Waals surface area contributed by atoms with Gasteiger partial charge in [-0.05, 0) is 29.6 Å². The molecule has 0 radical (unpaired) electrons. The topological polar surface area (TPSA) is 25.8 Å². The first kappa shape index (κ1) is 12.0. The van der Waals surface area contributed by atoms with Crippen molar-refractivity contribution in [3.8, 4) is 0 Å². The second-order valence-electron chi connectivity index (χ2n) is 3.35. The average Bonchev–Trinajstić information content (AvgIpc) is 2.72. The monoisotopic (exact) mass is 262 g/mol. The van der Waals surface area contributed by atoms with E-state index in [2.05, 4.69) is 15.4 Å². The molecule has 0 bridgehead atoms. The van der Waals surface area contributed by atoms with Crippen molar-refractivity contribution in [3.63, 3.8) is 0 Å². The normalized spacial score (nSPS) is 26.3. The molecule has 0 aliphatic heterocycles. The van der Waals surface area contributed by atoms with Crippen molar-refractivity contribution in [2.45, 2.75) is 6.42 Å². The fraction of sp³-hybridized carbons (Fsp3) is 0.0769. The highest BCUT2D eigenvalue weighted by molar-refractivity contribution is 7.10. The molecule has 2 nitrogen and oxygen atoms in total. The second-order valence-corrected chi connectivity index (χ2v) is 4.68. The first-order valence-electron chi connectivity index (χ1n) is 5.21. The summed E-state index contributed by atoms with van der Waals surface area (Å²) in [7, 11) is 0. The fourth-order valence-electron chi connectivity index (χ4n) is 1.34. The maximum atomic E-state index is 5.80. The van der Waals surface area contributed by atoms with Crippen LogP contribution < -0.4 is 0 Å². The van der Waals surface area contributed by atoms with Gasteiger partial charge in [0.05, 0.1) is 0 Å². The molecular formula is C13H11ClN2S. The van der Waals surface area contributed by atoms with E-state index in [9.17, 15) is 0 Å². The highest BCUT2D eigenvalue weighted by Gasteiger charge is 2.05. The lowest BCUT2D eigenvalue weighted by atomic mass is 10.1. The maximum Gasteiger partial charge on any atom is 0.203 e. The highest BCUT2D eigenvalue weighted by Crippen LogP contribution is 2.20. The predicted octanol–water partition coefficient (Wildman–Crippen LogP) is 4.20. The van der Waals surface area contributed by atoms with Gasteiger partial charge in [0.15, 0.2) is 5.82 Å². The van der Waals surface area contributed by atoms with E-state index in [0.29, 0.717) is 10.3 Å². The molecule has 0 N–H and O–H groups in total. The van der Waals surface area contributed by atoms with Crippen molar-refractivity contribution in [1.82, 2.24) is 9.36 Å². The summed E-state index contributed by atoms with van der Waals surface area (Å²) in [6.45, 7) is 0. The quantitative estimate of drug-likeness (QED) is 0.758. The van der Waals surface area contributed by atoms with E-state index in [4.69, 9.17) is 11.6 Å². The van der Waals surface area contributed by atoms with Gasteiger partial charge >= 0.3 is 0 Å². The maximum absolute atomic E-state index is 5.80. The standard InChI is InChI=1S/C13H11ClN2S/c14-13-15-12(16-17-13)11-9-7-5-3-1-2-4-6-8-10-11/h1-9H,10H2/b3-1-,4-2-,7-5-,8-6-,11-9+. The Labute approximate surface area is 110 Å². The van der Waals surface area contributed by atoms with Crippen LogP contribution in [-0.2, 0) is 0 Å². The third-order valence-electron chi connectivity index (χ3n) is 2.13. The van der Waals surface area contributed by atoms with Crippen LogP contribution in [0.25, 0.3) is 5.57 Å². The fourth-order valence-corrected chi connectivity index (χ4v) is 1.97. The minimum Gasteiger partial charge on any atom is -0.204 e. The Bertz CT molecular complexity index is 521. The zero-order valence-corrected chi connectivity index (χ0v) is 10.7. The summed E-state index contributed by atoms with van der Waals surface area (Å²) in [5.74, 6) is 0.710. The second kappa shape index (κ2) is 6.33. The van der Waals surface area contributed by atoms with Gasteiger partial charge in [0.25, 0.3) is 0 Å². The summed E-state index contributed by atoms with van der Waals surface area (Å²) < 4.78 is 4.69. The summed E-state index contributed by atoms with van der Waals surface area (Å²) >= 11 is 7.01. The molecule has 0 fully saturated rings. The molecule has 17 heavy (non-hydrogen) atoms. The summed E-state index contributed by atoms with van der Waals surface area (Å²) in [5, 5.41) is 0. The van der Waals surface area contributed by atoms with Crippen LogP contribution in [0.2, 0.25) is 4.47 Å². The zero-order chi connectivity index (χ0) is 11.9. The summed E-state index contributed by atoms with van der Waals surface area (Å²) in [6, 6.07) is 0. The largest absolute Gasteiger partial charge is 0.204 e. The molecule has 1 aromatic heterocycles. The van der Waals surface area contributed by atoms with E-state index in [1.165, 1.54) is 11.5 Å². The van der Waals surface area contributed by atoms with E-state index in [-0.39, 0.29) is 0 Å². The van der Waals surface area contributed by atoms with Crippen molar-refractivity contribution >= 4 is 28.7 Å². The van der Waals surface area contributed by atoms with Gasteiger partial charge in [-0.3, -0.25) is 0 Å².